The SMILES string of the molecule is CC(C)CC1NC2(O)[C@H](C[C@@H]3NC(=O)c4ccccc4-n4c3nc3ccccc3c4=O)c3ccccc3N2C1=O. The average Bonchev–Trinajstić information content (AvgIpc) is 3.28. The van der Waals surface area contributed by atoms with Crippen molar-refractivity contribution >= 4 is 28.4 Å². The van der Waals surface area contributed by atoms with Gasteiger partial charge in [-0.2, -0.15) is 0 Å². The fraction of sp³-hybridized carbons (Fsp3) is 0.290. The molecule has 3 aliphatic heterocycles. The van der Waals surface area contributed by atoms with Gasteiger partial charge in [0.2, 0.25) is 11.8 Å². The molecule has 4 atom stereocenters. The Labute approximate surface area is 230 Å². The van der Waals surface area contributed by atoms with Crippen LogP contribution >= 0.6 is 0 Å². The van der Waals surface area contributed by atoms with Crippen LogP contribution in [0.4, 0.5) is 5.69 Å². The van der Waals surface area contributed by atoms with Gasteiger partial charge in [-0.05, 0) is 54.7 Å². The Balaban J connectivity index is 1.39. The molecule has 1 saturated heterocycles. The molecule has 40 heavy (non-hydrogen) atoms. The van der Waals surface area contributed by atoms with Crippen LogP contribution in [0.1, 0.15) is 60.4 Å². The molecule has 4 heterocycles. The summed E-state index contributed by atoms with van der Waals surface area (Å²) in [5.74, 6) is -2.18. The fourth-order valence-corrected chi connectivity index (χ4v) is 6.57. The highest BCUT2D eigenvalue weighted by Crippen LogP contribution is 2.51. The largest absolute Gasteiger partial charge is 0.358 e. The molecule has 9 heteroatoms. The molecule has 0 spiro atoms. The predicted octanol–water partition coefficient (Wildman–Crippen LogP) is 3.35. The standard InChI is InChI=1S/C31H29N5O4/c1-17(2)15-24-30(39)36-26-14-8-4-9-18(26)21(31(36,40)34-24)16-23-27-32-22-12-6-3-10-19(22)29(38)35(27)25-13-7-5-11-20(25)28(37)33-23/h3-14,17,21,23-24,34,40H,15-16H2,1-2H3,(H,33,37)/t21-,23+,24?,31?/m1/s1. The molecule has 1 aromatic heterocycles. The summed E-state index contributed by atoms with van der Waals surface area (Å²) in [6.07, 6.45) is 0.775. The van der Waals surface area contributed by atoms with E-state index in [2.05, 4.69) is 10.6 Å². The van der Waals surface area contributed by atoms with Crippen molar-refractivity contribution in [3.63, 3.8) is 0 Å². The van der Waals surface area contributed by atoms with Gasteiger partial charge in [-0.3, -0.25) is 29.2 Å². The van der Waals surface area contributed by atoms with Crippen LogP contribution in [0.2, 0.25) is 0 Å². The first-order valence-corrected chi connectivity index (χ1v) is 13.6. The summed E-state index contributed by atoms with van der Waals surface area (Å²) in [5.41, 5.74) is 2.51. The molecule has 0 radical (unpaired) electrons. The Morgan fingerprint density at radius 3 is 2.42 bits per heavy atom. The Morgan fingerprint density at radius 1 is 0.925 bits per heavy atom. The summed E-state index contributed by atoms with van der Waals surface area (Å²) in [5, 5.41) is 18.9. The second-order valence-electron chi connectivity index (χ2n) is 11.2. The Kier molecular flexibility index (Phi) is 5.45. The molecule has 202 valence electrons. The summed E-state index contributed by atoms with van der Waals surface area (Å²) in [4.78, 5) is 47.3. The number of anilines is 1. The van der Waals surface area contributed by atoms with Crippen LogP contribution in [0.15, 0.2) is 77.6 Å². The minimum atomic E-state index is -1.69. The number of aromatic nitrogens is 2. The number of hydrogen-bond donors (Lipinski definition) is 3. The van der Waals surface area contributed by atoms with Crippen molar-refractivity contribution < 1.29 is 14.7 Å². The molecule has 3 N–H and O–H groups in total. The summed E-state index contributed by atoms with van der Waals surface area (Å²) in [6, 6.07) is 20.3. The van der Waals surface area contributed by atoms with Gasteiger partial charge in [0.05, 0.1) is 45.8 Å². The van der Waals surface area contributed by atoms with Crippen molar-refractivity contribution in [2.75, 3.05) is 4.90 Å². The Morgan fingerprint density at radius 2 is 1.62 bits per heavy atom. The second kappa shape index (κ2) is 8.84. The number of fused-ring (bicyclic) bond motifs is 7. The van der Waals surface area contributed by atoms with Crippen LogP contribution in [-0.4, -0.2) is 38.4 Å². The maximum absolute atomic E-state index is 13.9. The van der Waals surface area contributed by atoms with E-state index >= 15 is 0 Å². The van der Waals surface area contributed by atoms with Crippen LogP contribution in [0.25, 0.3) is 16.6 Å². The van der Waals surface area contributed by atoms with Crippen molar-refractivity contribution in [1.82, 2.24) is 20.2 Å². The highest BCUT2D eigenvalue weighted by Gasteiger charge is 2.60. The maximum atomic E-state index is 13.9. The minimum Gasteiger partial charge on any atom is -0.358 e. The summed E-state index contributed by atoms with van der Waals surface area (Å²) in [7, 11) is 0. The first-order valence-electron chi connectivity index (χ1n) is 13.6. The van der Waals surface area contributed by atoms with E-state index < -0.39 is 23.9 Å². The van der Waals surface area contributed by atoms with Gasteiger partial charge in [0.25, 0.3) is 11.5 Å². The van der Waals surface area contributed by atoms with E-state index in [-0.39, 0.29) is 29.7 Å². The first kappa shape index (κ1) is 24.7. The molecular weight excluding hydrogens is 506 g/mol. The molecule has 2 unspecified atom stereocenters. The number of amides is 2. The highest BCUT2D eigenvalue weighted by molar-refractivity contribution is 6.03. The first-order chi connectivity index (χ1) is 19.3. The number of para-hydroxylation sites is 3. The van der Waals surface area contributed by atoms with E-state index in [1.54, 1.807) is 42.5 Å². The summed E-state index contributed by atoms with van der Waals surface area (Å²) < 4.78 is 1.51. The van der Waals surface area contributed by atoms with E-state index in [1.807, 2.05) is 44.2 Å². The van der Waals surface area contributed by atoms with E-state index in [9.17, 15) is 19.5 Å². The fourth-order valence-electron chi connectivity index (χ4n) is 6.57. The zero-order valence-electron chi connectivity index (χ0n) is 22.2. The lowest BCUT2D eigenvalue weighted by atomic mass is 9.89. The zero-order valence-corrected chi connectivity index (χ0v) is 22.2. The molecule has 3 aliphatic rings. The molecule has 1 fully saturated rings. The van der Waals surface area contributed by atoms with Gasteiger partial charge in [0.15, 0.2) is 0 Å². The van der Waals surface area contributed by atoms with Gasteiger partial charge in [-0.15, -0.1) is 0 Å². The number of aliphatic hydroxyl groups is 1. The quantitative estimate of drug-likeness (QED) is 0.369. The minimum absolute atomic E-state index is 0.177. The van der Waals surface area contributed by atoms with Crippen molar-refractivity contribution in [3.05, 3.63) is 100 Å². The molecule has 3 aromatic carbocycles. The van der Waals surface area contributed by atoms with Gasteiger partial charge in [-0.25, -0.2) is 4.98 Å². The number of hydrogen-bond acceptors (Lipinski definition) is 6. The van der Waals surface area contributed by atoms with Crippen LogP contribution in [0.5, 0.6) is 0 Å². The number of nitrogens with one attached hydrogen (secondary N) is 2. The lowest BCUT2D eigenvalue weighted by molar-refractivity contribution is -0.119. The number of benzene rings is 3. The van der Waals surface area contributed by atoms with Crippen molar-refractivity contribution in [3.8, 4) is 5.69 Å². The Bertz CT molecular complexity index is 1760. The topological polar surface area (TPSA) is 117 Å². The molecule has 0 bridgehead atoms. The van der Waals surface area contributed by atoms with E-state index in [1.165, 1.54) is 9.47 Å². The maximum Gasteiger partial charge on any atom is 0.266 e. The van der Waals surface area contributed by atoms with Crippen molar-refractivity contribution in [1.29, 1.82) is 0 Å². The van der Waals surface area contributed by atoms with Gasteiger partial charge in [0.1, 0.15) is 5.82 Å². The third kappa shape index (κ3) is 3.47. The monoisotopic (exact) mass is 535 g/mol. The number of carbonyl (C=O) groups is 2. The molecule has 7 rings (SSSR count). The third-order valence-electron chi connectivity index (χ3n) is 8.27. The third-order valence-corrected chi connectivity index (χ3v) is 8.27. The van der Waals surface area contributed by atoms with Crippen LogP contribution in [0, 0.1) is 5.92 Å². The van der Waals surface area contributed by atoms with E-state index in [0.29, 0.717) is 40.1 Å². The number of nitrogens with zero attached hydrogens (tertiary/aromatic N) is 3. The van der Waals surface area contributed by atoms with E-state index in [4.69, 9.17) is 4.98 Å². The lowest BCUT2D eigenvalue weighted by Crippen LogP contribution is -2.54. The van der Waals surface area contributed by atoms with Gasteiger partial charge >= 0.3 is 0 Å². The lowest BCUT2D eigenvalue weighted by Gasteiger charge is -2.33. The molecule has 0 saturated carbocycles. The highest BCUT2D eigenvalue weighted by atomic mass is 16.3. The second-order valence-corrected chi connectivity index (χ2v) is 11.2. The molecule has 9 nitrogen and oxygen atoms in total. The smallest absolute Gasteiger partial charge is 0.266 e. The molecule has 4 aromatic rings. The van der Waals surface area contributed by atoms with E-state index in [0.717, 1.165) is 5.56 Å². The number of carbonyl (C=O) groups excluding carboxylic acids is 2. The number of rotatable bonds is 4. The van der Waals surface area contributed by atoms with Crippen LogP contribution < -0.4 is 21.1 Å². The summed E-state index contributed by atoms with van der Waals surface area (Å²) >= 11 is 0. The zero-order chi connectivity index (χ0) is 27.8. The van der Waals surface area contributed by atoms with Crippen molar-refractivity contribution in [2.24, 2.45) is 5.92 Å². The van der Waals surface area contributed by atoms with Crippen LogP contribution in [-0.2, 0) is 4.79 Å². The van der Waals surface area contributed by atoms with Gasteiger partial charge in [-0.1, -0.05) is 56.3 Å². The molecule has 0 aliphatic carbocycles. The predicted molar refractivity (Wildman–Crippen MR) is 150 cm³/mol. The van der Waals surface area contributed by atoms with Crippen LogP contribution in [0.3, 0.4) is 0 Å². The molecular formula is C31H29N5O4. The summed E-state index contributed by atoms with van der Waals surface area (Å²) in [6.45, 7) is 4.08. The van der Waals surface area contributed by atoms with Gasteiger partial charge < -0.3 is 10.4 Å². The molecule has 2 amide bonds. The Hall–Kier alpha value is -4.34. The average molecular weight is 536 g/mol. The van der Waals surface area contributed by atoms with Gasteiger partial charge in [0, 0.05) is 0 Å². The van der Waals surface area contributed by atoms with Crippen molar-refractivity contribution in [2.45, 2.75) is 50.5 Å². The normalized spacial score (nSPS) is 24.9.